The molecule has 0 aliphatic carbocycles. The highest BCUT2D eigenvalue weighted by atomic mass is 79.9. The predicted octanol–water partition coefficient (Wildman–Crippen LogP) is 3.99. The maximum Gasteiger partial charge on any atom is 0.255 e. The molecule has 5 nitrogen and oxygen atoms in total. The lowest BCUT2D eigenvalue weighted by molar-refractivity contribution is 0.102. The van der Waals surface area contributed by atoms with E-state index >= 15 is 0 Å². The van der Waals surface area contributed by atoms with E-state index in [1.807, 2.05) is 0 Å². The molecule has 0 aliphatic heterocycles. The Morgan fingerprint density at radius 2 is 1.96 bits per heavy atom. The smallest absolute Gasteiger partial charge is 0.255 e. The monoisotopic (exact) mass is 414 g/mol. The highest BCUT2D eigenvalue weighted by molar-refractivity contribution is 9.10. The molecule has 0 bridgehead atoms. The van der Waals surface area contributed by atoms with Crippen LogP contribution in [0.15, 0.2) is 46.9 Å². The Morgan fingerprint density at radius 3 is 2.62 bits per heavy atom. The molecule has 2 N–H and O–H groups in total. The van der Waals surface area contributed by atoms with Crippen molar-refractivity contribution in [1.29, 1.82) is 0 Å². The summed E-state index contributed by atoms with van der Waals surface area (Å²) >= 11 is 3.14. The van der Waals surface area contributed by atoms with Gasteiger partial charge in [-0.25, -0.2) is 12.8 Å². The number of nitrogens with one attached hydrogen (secondary N) is 2. The molecule has 0 aromatic heterocycles. The number of halogens is 2. The Bertz CT molecular complexity index is 856. The SMILES string of the molecule is CCCS(=O)(=O)Nc1cccc(C(=O)Nc2ccc(Br)cc2F)c1. The number of rotatable bonds is 6. The first-order valence-corrected chi connectivity index (χ1v) is 9.62. The van der Waals surface area contributed by atoms with Gasteiger partial charge < -0.3 is 5.32 Å². The topological polar surface area (TPSA) is 75.3 Å². The molecule has 8 heteroatoms. The molecule has 0 aliphatic rings. The second kappa shape index (κ2) is 7.76. The first kappa shape index (κ1) is 18.4. The van der Waals surface area contributed by atoms with Crippen LogP contribution in [0.1, 0.15) is 23.7 Å². The van der Waals surface area contributed by atoms with Crippen LogP contribution >= 0.6 is 15.9 Å². The van der Waals surface area contributed by atoms with E-state index in [-0.39, 0.29) is 22.7 Å². The zero-order valence-electron chi connectivity index (χ0n) is 12.8. The zero-order valence-corrected chi connectivity index (χ0v) is 15.2. The van der Waals surface area contributed by atoms with Crippen molar-refractivity contribution >= 4 is 43.2 Å². The summed E-state index contributed by atoms with van der Waals surface area (Å²) in [7, 11) is -3.44. The number of carbonyl (C=O) groups excluding carboxylic acids is 1. The molecule has 2 rings (SSSR count). The average Bonchev–Trinajstić information content (AvgIpc) is 2.49. The second-order valence-electron chi connectivity index (χ2n) is 5.08. The molecule has 24 heavy (non-hydrogen) atoms. The van der Waals surface area contributed by atoms with Crippen LogP contribution in [-0.2, 0) is 10.0 Å². The molecule has 0 fully saturated rings. The van der Waals surface area contributed by atoms with Crippen molar-refractivity contribution in [3.63, 3.8) is 0 Å². The largest absolute Gasteiger partial charge is 0.319 e. The molecule has 2 aromatic rings. The number of hydrogen-bond donors (Lipinski definition) is 2. The summed E-state index contributed by atoms with van der Waals surface area (Å²) in [4.78, 5) is 12.2. The third kappa shape index (κ3) is 5.04. The average molecular weight is 415 g/mol. The minimum absolute atomic E-state index is 0.00642. The maximum atomic E-state index is 13.8. The van der Waals surface area contributed by atoms with Gasteiger partial charge in [-0.3, -0.25) is 9.52 Å². The lowest BCUT2D eigenvalue weighted by Crippen LogP contribution is -2.17. The molecule has 0 unspecified atom stereocenters. The molecule has 1 amide bonds. The molecular weight excluding hydrogens is 399 g/mol. The van der Waals surface area contributed by atoms with Gasteiger partial charge in [0.15, 0.2) is 0 Å². The number of anilines is 2. The van der Waals surface area contributed by atoms with Crippen LogP contribution in [-0.4, -0.2) is 20.1 Å². The molecule has 128 valence electrons. The van der Waals surface area contributed by atoms with E-state index in [2.05, 4.69) is 26.0 Å². The molecule has 0 saturated heterocycles. The van der Waals surface area contributed by atoms with Crippen molar-refractivity contribution in [2.45, 2.75) is 13.3 Å². The zero-order chi connectivity index (χ0) is 17.7. The maximum absolute atomic E-state index is 13.8. The van der Waals surface area contributed by atoms with Gasteiger partial charge in [0, 0.05) is 15.7 Å². The fraction of sp³-hybridized carbons (Fsp3) is 0.188. The van der Waals surface area contributed by atoms with Gasteiger partial charge in [-0.15, -0.1) is 0 Å². The van der Waals surface area contributed by atoms with Crippen molar-refractivity contribution in [1.82, 2.24) is 0 Å². The molecule has 0 heterocycles. The fourth-order valence-electron chi connectivity index (χ4n) is 2.01. The van der Waals surface area contributed by atoms with Crippen LogP contribution in [0.2, 0.25) is 0 Å². The van der Waals surface area contributed by atoms with Gasteiger partial charge in [0.2, 0.25) is 10.0 Å². The summed E-state index contributed by atoms with van der Waals surface area (Å²) < 4.78 is 40.3. The number of carbonyl (C=O) groups is 1. The van der Waals surface area contributed by atoms with E-state index in [0.717, 1.165) is 0 Å². The van der Waals surface area contributed by atoms with Gasteiger partial charge in [0.25, 0.3) is 5.91 Å². The Kier molecular flexibility index (Phi) is 5.95. The molecule has 0 atom stereocenters. The van der Waals surface area contributed by atoms with Gasteiger partial charge >= 0.3 is 0 Å². The molecular formula is C16H16BrFN2O3S. The van der Waals surface area contributed by atoms with E-state index in [9.17, 15) is 17.6 Å². The summed E-state index contributed by atoms with van der Waals surface area (Å²) in [5.41, 5.74) is 0.543. The lowest BCUT2D eigenvalue weighted by Gasteiger charge is -2.10. The lowest BCUT2D eigenvalue weighted by atomic mass is 10.2. The summed E-state index contributed by atoms with van der Waals surface area (Å²) in [6.45, 7) is 1.76. The number of sulfonamides is 1. The molecule has 2 aromatic carbocycles. The minimum atomic E-state index is -3.44. The summed E-state index contributed by atoms with van der Waals surface area (Å²) in [5.74, 6) is -1.11. The first-order valence-electron chi connectivity index (χ1n) is 7.17. The summed E-state index contributed by atoms with van der Waals surface area (Å²) in [6.07, 6.45) is 0.484. The second-order valence-corrected chi connectivity index (χ2v) is 7.84. The first-order chi connectivity index (χ1) is 11.3. The van der Waals surface area contributed by atoms with Crippen LogP contribution in [0.4, 0.5) is 15.8 Å². The standard InChI is InChI=1S/C16H16BrFN2O3S/c1-2-8-24(22,23)20-13-5-3-4-11(9-13)16(21)19-15-7-6-12(17)10-14(15)18/h3-7,9-10,20H,2,8H2,1H3,(H,19,21). The Labute approximate surface area is 148 Å². The van der Waals surface area contributed by atoms with E-state index in [4.69, 9.17) is 0 Å². The van der Waals surface area contributed by atoms with Crippen molar-refractivity contribution in [3.05, 3.63) is 58.3 Å². The van der Waals surface area contributed by atoms with E-state index in [1.54, 1.807) is 25.1 Å². The highest BCUT2D eigenvalue weighted by Gasteiger charge is 2.13. The van der Waals surface area contributed by atoms with Gasteiger partial charge in [-0.2, -0.15) is 0 Å². The van der Waals surface area contributed by atoms with Crippen molar-refractivity contribution in [2.24, 2.45) is 0 Å². The van der Waals surface area contributed by atoms with Crippen molar-refractivity contribution < 1.29 is 17.6 Å². The third-order valence-corrected chi connectivity index (χ3v) is 5.04. The Morgan fingerprint density at radius 1 is 1.21 bits per heavy atom. The molecule has 0 radical (unpaired) electrons. The Hall–Kier alpha value is -1.93. The minimum Gasteiger partial charge on any atom is -0.319 e. The van der Waals surface area contributed by atoms with E-state index < -0.39 is 21.7 Å². The van der Waals surface area contributed by atoms with Crippen LogP contribution in [0.3, 0.4) is 0 Å². The molecule has 0 spiro atoms. The third-order valence-electron chi connectivity index (χ3n) is 3.05. The normalized spacial score (nSPS) is 11.1. The van der Waals surface area contributed by atoms with Crippen molar-refractivity contribution in [2.75, 3.05) is 15.8 Å². The van der Waals surface area contributed by atoms with Crippen LogP contribution in [0.5, 0.6) is 0 Å². The van der Waals surface area contributed by atoms with Crippen molar-refractivity contribution in [3.8, 4) is 0 Å². The number of amides is 1. The highest BCUT2D eigenvalue weighted by Crippen LogP contribution is 2.21. The fourth-order valence-corrected chi connectivity index (χ4v) is 3.47. The number of hydrogen-bond acceptors (Lipinski definition) is 3. The van der Waals surface area contributed by atoms with Crippen LogP contribution < -0.4 is 10.0 Å². The molecule has 0 saturated carbocycles. The summed E-state index contributed by atoms with van der Waals surface area (Å²) in [6, 6.07) is 10.3. The van der Waals surface area contributed by atoms with Gasteiger partial charge in [0.05, 0.1) is 11.4 Å². The summed E-state index contributed by atoms with van der Waals surface area (Å²) in [5, 5.41) is 2.46. The van der Waals surface area contributed by atoms with Crippen LogP contribution in [0, 0.1) is 5.82 Å². The quantitative estimate of drug-likeness (QED) is 0.749. The van der Waals surface area contributed by atoms with Gasteiger partial charge in [0.1, 0.15) is 5.82 Å². The van der Waals surface area contributed by atoms with E-state index in [1.165, 1.54) is 24.3 Å². The van der Waals surface area contributed by atoms with Gasteiger partial charge in [-0.1, -0.05) is 28.9 Å². The predicted molar refractivity (Wildman–Crippen MR) is 96.2 cm³/mol. The number of benzene rings is 2. The van der Waals surface area contributed by atoms with Crippen LogP contribution in [0.25, 0.3) is 0 Å². The van der Waals surface area contributed by atoms with Gasteiger partial charge in [-0.05, 0) is 42.8 Å². The Balaban J connectivity index is 2.17. The van der Waals surface area contributed by atoms with E-state index in [0.29, 0.717) is 10.9 Å².